The Balaban J connectivity index is 2.05. The second-order valence-corrected chi connectivity index (χ2v) is 4.72. The number of nitrogens with one attached hydrogen (secondary N) is 1. The zero-order valence-corrected chi connectivity index (χ0v) is 9.07. The Hall–Kier alpha value is -1.29. The fourth-order valence-electron chi connectivity index (χ4n) is 1.86. The molecular weight excluding hydrogens is 190 g/mol. The van der Waals surface area contributed by atoms with Crippen LogP contribution in [0.1, 0.15) is 20.3 Å². The standard InChI is InChI=1S/C11H17N3O/c1-11(2)7(6-8(11)15)13-10-5-3-4-9(12)14-10/h3-5,7-8,15H,6H2,1-2H3,(H3,12,13,14). The normalized spacial score (nSPS) is 28.2. The number of nitrogens with zero attached hydrogens (tertiary/aromatic N) is 1. The van der Waals surface area contributed by atoms with Gasteiger partial charge in [0.15, 0.2) is 0 Å². The van der Waals surface area contributed by atoms with E-state index in [1.165, 1.54) is 0 Å². The van der Waals surface area contributed by atoms with Gasteiger partial charge >= 0.3 is 0 Å². The summed E-state index contributed by atoms with van der Waals surface area (Å²) < 4.78 is 0. The van der Waals surface area contributed by atoms with Gasteiger partial charge in [0.25, 0.3) is 0 Å². The molecule has 4 nitrogen and oxygen atoms in total. The highest BCUT2D eigenvalue weighted by Crippen LogP contribution is 2.41. The number of nitrogens with two attached hydrogens (primary N) is 1. The number of pyridine rings is 1. The van der Waals surface area contributed by atoms with Crippen LogP contribution in [-0.4, -0.2) is 22.2 Å². The molecule has 2 unspecified atom stereocenters. The van der Waals surface area contributed by atoms with E-state index in [0.717, 1.165) is 12.2 Å². The highest BCUT2D eigenvalue weighted by Gasteiger charge is 2.47. The minimum atomic E-state index is -0.226. The number of rotatable bonds is 2. The summed E-state index contributed by atoms with van der Waals surface area (Å²) in [4.78, 5) is 4.17. The number of nitrogen functional groups attached to an aromatic ring is 1. The van der Waals surface area contributed by atoms with E-state index in [0.29, 0.717) is 5.82 Å². The first-order valence-electron chi connectivity index (χ1n) is 5.17. The average molecular weight is 207 g/mol. The van der Waals surface area contributed by atoms with E-state index in [-0.39, 0.29) is 17.6 Å². The van der Waals surface area contributed by atoms with E-state index in [1.807, 2.05) is 26.0 Å². The Labute approximate surface area is 89.5 Å². The highest BCUT2D eigenvalue weighted by molar-refractivity contribution is 5.44. The molecule has 1 fully saturated rings. The summed E-state index contributed by atoms with van der Waals surface area (Å²) in [6.07, 6.45) is 0.541. The fraction of sp³-hybridized carbons (Fsp3) is 0.545. The third-order valence-corrected chi connectivity index (χ3v) is 3.31. The van der Waals surface area contributed by atoms with Gasteiger partial charge in [-0.15, -0.1) is 0 Å². The van der Waals surface area contributed by atoms with Crippen molar-refractivity contribution in [2.24, 2.45) is 5.41 Å². The van der Waals surface area contributed by atoms with Gasteiger partial charge in [-0.05, 0) is 18.6 Å². The van der Waals surface area contributed by atoms with Gasteiger partial charge in [0.1, 0.15) is 11.6 Å². The van der Waals surface area contributed by atoms with E-state index in [1.54, 1.807) is 6.07 Å². The summed E-state index contributed by atoms with van der Waals surface area (Å²) in [7, 11) is 0. The summed E-state index contributed by atoms with van der Waals surface area (Å²) >= 11 is 0. The molecule has 2 rings (SSSR count). The summed E-state index contributed by atoms with van der Waals surface area (Å²) in [5.74, 6) is 1.29. The minimum absolute atomic E-state index is 0.0910. The number of hydrogen-bond acceptors (Lipinski definition) is 4. The number of aliphatic hydroxyl groups is 1. The van der Waals surface area contributed by atoms with Crippen molar-refractivity contribution in [3.8, 4) is 0 Å². The van der Waals surface area contributed by atoms with Gasteiger partial charge in [-0.3, -0.25) is 0 Å². The lowest BCUT2D eigenvalue weighted by Gasteiger charge is -2.49. The molecule has 0 radical (unpaired) electrons. The lowest BCUT2D eigenvalue weighted by atomic mass is 9.64. The van der Waals surface area contributed by atoms with Gasteiger partial charge < -0.3 is 16.2 Å². The van der Waals surface area contributed by atoms with E-state index in [4.69, 9.17) is 5.73 Å². The molecule has 4 heteroatoms. The van der Waals surface area contributed by atoms with E-state index >= 15 is 0 Å². The molecule has 0 aromatic carbocycles. The summed E-state index contributed by atoms with van der Waals surface area (Å²) in [5, 5.41) is 12.9. The first-order chi connectivity index (χ1) is 7.00. The van der Waals surface area contributed by atoms with Crippen molar-refractivity contribution in [2.75, 3.05) is 11.1 Å². The number of aromatic nitrogens is 1. The first-order valence-corrected chi connectivity index (χ1v) is 5.17. The number of anilines is 2. The Morgan fingerprint density at radius 2 is 2.27 bits per heavy atom. The largest absolute Gasteiger partial charge is 0.392 e. The molecule has 0 spiro atoms. The molecule has 0 bridgehead atoms. The number of hydrogen-bond donors (Lipinski definition) is 3. The van der Waals surface area contributed by atoms with Gasteiger partial charge in [0.05, 0.1) is 6.10 Å². The van der Waals surface area contributed by atoms with E-state index < -0.39 is 0 Å². The van der Waals surface area contributed by atoms with Crippen LogP contribution in [0.3, 0.4) is 0 Å². The average Bonchev–Trinajstić information content (AvgIpc) is 2.17. The van der Waals surface area contributed by atoms with Crippen molar-refractivity contribution in [3.05, 3.63) is 18.2 Å². The maximum atomic E-state index is 9.59. The second kappa shape index (κ2) is 3.38. The van der Waals surface area contributed by atoms with Crippen LogP contribution in [0.5, 0.6) is 0 Å². The maximum absolute atomic E-state index is 9.59. The van der Waals surface area contributed by atoms with Crippen LogP contribution in [0, 0.1) is 5.41 Å². The van der Waals surface area contributed by atoms with Crippen molar-refractivity contribution in [3.63, 3.8) is 0 Å². The fourth-order valence-corrected chi connectivity index (χ4v) is 1.86. The quantitative estimate of drug-likeness (QED) is 0.682. The predicted octanol–water partition coefficient (Wildman–Crippen LogP) is 1.24. The van der Waals surface area contributed by atoms with E-state index in [2.05, 4.69) is 10.3 Å². The lowest BCUT2D eigenvalue weighted by molar-refractivity contribution is -0.0511. The molecule has 1 aliphatic rings. The molecule has 1 saturated carbocycles. The van der Waals surface area contributed by atoms with Gasteiger partial charge in [-0.1, -0.05) is 19.9 Å². The molecule has 82 valence electrons. The molecular formula is C11H17N3O. The van der Waals surface area contributed by atoms with Gasteiger partial charge in [0, 0.05) is 11.5 Å². The molecule has 0 amide bonds. The molecule has 1 heterocycles. The Morgan fingerprint density at radius 1 is 1.53 bits per heavy atom. The summed E-state index contributed by atoms with van der Waals surface area (Å²) in [6, 6.07) is 5.78. The lowest BCUT2D eigenvalue weighted by Crippen LogP contribution is -2.57. The van der Waals surface area contributed by atoms with Crippen LogP contribution in [0.15, 0.2) is 18.2 Å². The Bertz CT molecular complexity index is 365. The van der Waals surface area contributed by atoms with Crippen molar-refractivity contribution in [1.82, 2.24) is 4.98 Å². The van der Waals surface area contributed by atoms with Crippen LogP contribution in [-0.2, 0) is 0 Å². The van der Waals surface area contributed by atoms with Crippen LogP contribution >= 0.6 is 0 Å². The zero-order valence-electron chi connectivity index (χ0n) is 9.07. The SMILES string of the molecule is CC1(C)C(O)CC1Nc1cccc(N)n1. The van der Waals surface area contributed by atoms with Crippen LogP contribution in [0.4, 0.5) is 11.6 Å². The zero-order chi connectivity index (χ0) is 11.1. The van der Waals surface area contributed by atoms with Crippen LogP contribution in [0.2, 0.25) is 0 Å². The molecule has 1 aromatic rings. The van der Waals surface area contributed by atoms with Crippen LogP contribution in [0.25, 0.3) is 0 Å². The smallest absolute Gasteiger partial charge is 0.128 e. The highest BCUT2D eigenvalue weighted by atomic mass is 16.3. The molecule has 0 saturated heterocycles. The summed E-state index contributed by atoms with van der Waals surface area (Å²) in [5.41, 5.74) is 5.50. The van der Waals surface area contributed by atoms with Crippen molar-refractivity contribution < 1.29 is 5.11 Å². The molecule has 1 aromatic heterocycles. The van der Waals surface area contributed by atoms with E-state index in [9.17, 15) is 5.11 Å². The minimum Gasteiger partial charge on any atom is -0.392 e. The monoisotopic (exact) mass is 207 g/mol. The van der Waals surface area contributed by atoms with Crippen molar-refractivity contribution in [2.45, 2.75) is 32.4 Å². The molecule has 4 N–H and O–H groups in total. The van der Waals surface area contributed by atoms with Crippen molar-refractivity contribution >= 4 is 11.6 Å². The second-order valence-electron chi connectivity index (χ2n) is 4.72. The Morgan fingerprint density at radius 3 is 2.80 bits per heavy atom. The third-order valence-electron chi connectivity index (χ3n) is 3.31. The van der Waals surface area contributed by atoms with Crippen LogP contribution < -0.4 is 11.1 Å². The summed E-state index contributed by atoms with van der Waals surface area (Å²) in [6.45, 7) is 4.09. The molecule has 1 aliphatic carbocycles. The molecule has 15 heavy (non-hydrogen) atoms. The Kier molecular flexibility index (Phi) is 2.31. The van der Waals surface area contributed by atoms with Gasteiger partial charge in [-0.25, -0.2) is 4.98 Å². The topological polar surface area (TPSA) is 71.2 Å². The first kappa shape index (κ1) is 10.2. The number of aliphatic hydroxyl groups excluding tert-OH is 1. The third kappa shape index (κ3) is 1.77. The maximum Gasteiger partial charge on any atom is 0.128 e. The van der Waals surface area contributed by atoms with Crippen molar-refractivity contribution in [1.29, 1.82) is 0 Å². The van der Waals surface area contributed by atoms with Gasteiger partial charge in [0.2, 0.25) is 0 Å². The molecule has 0 aliphatic heterocycles. The molecule has 2 atom stereocenters. The van der Waals surface area contributed by atoms with Gasteiger partial charge in [-0.2, -0.15) is 0 Å². The predicted molar refractivity (Wildman–Crippen MR) is 60.5 cm³/mol.